The SMILES string of the molecule is O=C1NCCN1N1CCCCC1. The van der Waals surface area contributed by atoms with E-state index in [4.69, 9.17) is 0 Å². The number of carbonyl (C=O) groups excluding carboxylic acids is 1. The van der Waals surface area contributed by atoms with Crippen molar-refractivity contribution in [3.63, 3.8) is 0 Å². The minimum atomic E-state index is 0.0805. The van der Waals surface area contributed by atoms with E-state index in [1.807, 2.05) is 5.01 Å². The summed E-state index contributed by atoms with van der Waals surface area (Å²) >= 11 is 0. The first-order valence-corrected chi connectivity index (χ1v) is 4.68. The van der Waals surface area contributed by atoms with Crippen LogP contribution in [0.2, 0.25) is 0 Å². The summed E-state index contributed by atoms with van der Waals surface area (Å²) in [4.78, 5) is 11.2. The van der Waals surface area contributed by atoms with E-state index in [2.05, 4.69) is 10.3 Å². The monoisotopic (exact) mass is 169 g/mol. The van der Waals surface area contributed by atoms with Crippen LogP contribution in [0, 0.1) is 0 Å². The van der Waals surface area contributed by atoms with E-state index in [-0.39, 0.29) is 6.03 Å². The molecule has 0 aromatic rings. The molecular formula is C8H15N3O. The van der Waals surface area contributed by atoms with Crippen molar-refractivity contribution in [1.29, 1.82) is 0 Å². The van der Waals surface area contributed by atoms with Crippen molar-refractivity contribution in [2.45, 2.75) is 19.3 Å². The topological polar surface area (TPSA) is 35.6 Å². The lowest BCUT2D eigenvalue weighted by atomic mass is 10.2. The fraction of sp³-hybridized carbons (Fsp3) is 0.875. The van der Waals surface area contributed by atoms with Crippen molar-refractivity contribution in [3.05, 3.63) is 0 Å². The summed E-state index contributed by atoms with van der Waals surface area (Å²) in [7, 11) is 0. The highest BCUT2D eigenvalue weighted by molar-refractivity contribution is 5.75. The zero-order valence-corrected chi connectivity index (χ0v) is 7.25. The van der Waals surface area contributed by atoms with Crippen LogP contribution in [0.25, 0.3) is 0 Å². The first kappa shape index (κ1) is 7.86. The highest BCUT2D eigenvalue weighted by Gasteiger charge is 2.26. The van der Waals surface area contributed by atoms with Gasteiger partial charge in [-0.05, 0) is 12.8 Å². The van der Waals surface area contributed by atoms with E-state index in [1.165, 1.54) is 19.3 Å². The number of hydrogen-bond donors (Lipinski definition) is 1. The van der Waals surface area contributed by atoms with Gasteiger partial charge in [-0.25, -0.2) is 9.80 Å². The molecule has 0 radical (unpaired) electrons. The summed E-state index contributed by atoms with van der Waals surface area (Å²) in [5.74, 6) is 0. The van der Waals surface area contributed by atoms with Crippen LogP contribution in [0.15, 0.2) is 0 Å². The molecule has 2 fully saturated rings. The molecule has 2 saturated heterocycles. The molecule has 4 heteroatoms. The Kier molecular flexibility index (Phi) is 2.17. The number of amides is 2. The molecule has 0 spiro atoms. The number of hydrazine groups is 1. The van der Waals surface area contributed by atoms with Gasteiger partial charge in [0.15, 0.2) is 0 Å². The lowest BCUT2D eigenvalue weighted by Gasteiger charge is -2.33. The van der Waals surface area contributed by atoms with Gasteiger partial charge in [-0.15, -0.1) is 0 Å². The van der Waals surface area contributed by atoms with Gasteiger partial charge in [-0.1, -0.05) is 6.42 Å². The Hall–Kier alpha value is -0.770. The Morgan fingerprint density at radius 3 is 2.42 bits per heavy atom. The molecule has 0 aliphatic carbocycles. The molecule has 0 bridgehead atoms. The second-order valence-electron chi connectivity index (χ2n) is 3.37. The van der Waals surface area contributed by atoms with Crippen LogP contribution >= 0.6 is 0 Å². The maximum Gasteiger partial charge on any atom is 0.332 e. The third-order valence-corrected chi connectivity index (χ3v) is 2.51. The standard InChI is InChI=1S/C8H15N3O/c12-8-9-4-7-11(8)10-5-2-1-3-6-10/h1-7H2,(H,9,12). The van der Waals surface area contributed by atoms with E-state index < -0.39 is 0 Å². The predicted molar refractivity (Wildman–Crippen MR) is 45.5 cm³/mol. The zero-order chi connectivity index (χ0) is 8.39. The van der Waals surface area contributed by atoms with Gasteiger partial charge in [-0.3, -0.25) is 5.01 Å². The van der Waals surface area contributed by atoms with E-state index in [0.717, 1.165) is 26.2 Å². The molecule has 2 aliphatic heterocycles. The maximum absolute atomic E-state index is 11.2. The highest BCUT2D eigenvalue weighted by atomic mass is 16.2. The van der Waals surface area contributed by atoms with E-state index in [1.54, 1.807) is 0 Å². The normalized spacial score (nSPS) is 26.0. The van der Waals surface area contributed by atoms with Gasteiger partial charge in [0.1, 0.15) is 0 Å². The molecule has 0 atom stereocenters. The Morgan fingerprint density at radius 2 is 1.83 bits per heavy atom. The van der Waals surface area contributed by atoms with Crippen LogP contribution < -0.4 is 5.32 Å². The number of hydrogen-bond acceptors (Lipinski definition) is 2. The van der Waals surface area contributed by atoms with Crippen LogP contribution in [0.3, 0.4) is 0 Å². The molecule has 12 heavy (non-hydrogen) atoms. The molecule has 2 aliphatic rings. The largest absolute Gasteiger partial charge is 0.335 e. The van der Waals surface area contributed by atoms with Gasteiger partial charge in [0, 0.05) is 19.6 Å². The van der Waals surface area contributed by atoms with Gasteiger partial charge in [0.05, 0.1) is 6.54 Å². The quantitative estimate of drug-likeness (QED) is 0.617. The number of carbonyl (C=O) groups is 1. The van der Waals surface area contributed by atoms with Crippen LogP contribution in [0.5, 0.6) is 0 Å². The molecule has 68 valence electrons. The fourth-order valence-corrected chi connectivity index (χ4v) is 1.85. The molecule has 0 aromatic heterocycles. The second kappa shape index (κ2) is 3.31. The minimum absolute atomic E-state index is 0.0805. The van der Waals surface area contributed by atoms with Gasteiger partial charge in [0.25, 0.3) is 0 Å². The van der Waals surface area contributed by atoms with Gasteiger partial charge in [-0.2, -0.15) is 0 Å². The smallest absolute Gasteiger partial charge is 0.332 e. The third kappa shape index (κ3) is 1.39. The molecule has 0 aromatic carbocycles. The molecule has 0 saturated carbocycles. The van der Waals surface area contributed by atoms with Crippen molar-refractivity contribution in [2.24, 2.45) is 0 Å². The van der Waals surface area contributed by atoms with Crippen LogP contribution in [0.1, 0.15) is 19.3 Å². The summed E-state index contributed by atoms with van der Waals surface area (Å²) < 4.78 is 0. The Balaban J connectivity index is 1.93. The van der Waals surface area contributed by atoms with E-state index in [0.29, 0.717) is 0 Å². The number of nitrogens with one attached hydrogen (secondary N) is 1. The van der Waals surface area contributed by atoms with Crippen LogP contribution in [-0.4, -0.2) is 42.2 Å². The molecule has 4 nitrogen and oxygen atoms in total. The summed E-state index contributed by atoms with van der Waals surface area (Å²) in [6.07, 6.45) is 3.76. The average Bonchev–Trinajstić information content (AvgIpc) is 2.53. The zero-order valence-electron chi connectivity index (χ0n) is 7.25. The molecule has 0 unspecified atom stereocenters. The van der Waals surface area contributed by atoms with Crippen molar-refractivity contribution in [1.82, 2.24) is 15.3 Å². The fourth-order valence-electron chi connectivity index (χ4n) is 1.85. The predicted octanol–water partition coefficient (Wildman–Crippen LogP) is 0.412. The third-order valence-electron chi connectivity index (χ3n) is 2.51. The number of piperidine rings is 1. The first-order chi connectivity index (χ1) is 5.88. The lowest BCUT2D eigenvalue weighted by Crippen LogP contribution is -2.47. The molecule has 2 rings (SSSR count). The van der Waals surface area contributed by atoms with Gasteiger partial charge >= 0.3 is 6.03 Å². The van der Waals surface area contributed by atoms with E-state index in [9.17, 15) is 4.79 Å². The average molecular weight is 169 g/mol. The summed E-state index contributed by atoms with van der Waals surface area (Å²) in [6, 6.07) is 0.0805. The number of rotatable bonds is 1. The number of urea groups is 1. The van der Waals surface area contributed by atoms with Gasteiger partial charge in [0.2, 0.25) is 0 Å². The molecule has 2 amide bonds. The van der Waals surface area contributed by atoms with Crippen LogP contribution in [0.4, 0.5) is 4.79 Å². The summed E-state index contributed by atoms with van der Waals surface area (Å²) in [6.45, 7) is 3.75. The lowest BCUT2D eigenvalue weighted by molar-refractivity contribution is 0.0154. The van der Waals surface area contributed by atoms with Crippen LogP contribution in [-0.2, 0) is 0 Å². The Morgan fingerprint density at radius 1 is 1.08 bits per heavy atom. The maximum atomic E-state index is 11.2. The Labute approximate surface area is 72.5 Å². The summed E-state index contributed by atoms with van der Waals surface area (Å²) in [5, 5.41) is 6.83. The first-order valence-electron chi connectivity index (χ1n) is 4.68. The Bertz CT molecular complexity index is 177. The highest BCUT2D eigenvalue weighted by Crippen LogP contribution is 2.12. The molecule has 2 heterocycles. The van der Waals surface area contributed by atoms with Crippen molar-refractivity contribution in [3.8, 4) is 0 Å². The second-order valence-corrected chi connectivity index (χ2v) is 3.37. The van der Waals surface area contributed by atoms with Crippen molar-refractivity contribution in [2.75, 3.05) is 26.2 Å². The molecular weight excluding hydrogens is 154 g/mol. The minimum Gasteiger partial charge on any atom is -0.335 e. The molecule has 1 N–H and O–H groups in total. The van der Waals surface area contributed by atoms with Crippen molar-refractivity contribution < 1.29 is 4.79 Å². The van der Waals surface area contributed by atoms with E-state index >= 15 is 0 Å². The summed E-state index contributed by atoms with van der Waals surface area (Å²) in [5.41, 5.74) is 0. The number of nitrogens with zero attached hydrogens (tertiary/aromatic N) is 2. The van der Waals surface area contributed by atoms with Crippen molar-refractivity contribution >= 4 is 6.03 Å². The van der Waals surface area contributed by atoms with Gasteiger partial charge < -0.3 is 5.32 Å².